The van der Waals surface area contributed by atoms with Crippen molar-refractivity contribution in [3.8, 4) is 11.3 Å². The van der Waals surface area contributed by atoms with E-state index < -0.39 is 11.5 Å². The first-order chi connectivity index (χ1) is 11.1. The first-order valence-electron chi connectivity index (χ1n) is 6.96. The molecule has 2 N–H and O–H groups in total. The van der Waals surface area contributed by atoms with E-state index >= 15 is 0 Å². The molecule has 3 aromatic rings. The van der Waals surface area contributed by atoms with E-state index in [0.29, 0.717) is 5.76 Å². The second-order valence-electron chi connectivity index (χ2n) is 5.28. The lowest BCUT2D eigenvalue weighted by Crippen LogP contribution is -2.38. The van der Waals surface area contributed by atoms with E-state index in [2.05, 4.69) is 15.5 Å². The minimum Gasteiger partial charge on any atom is -0.384 e. The molecule has 0 spiro atoms. The number of nitrogens with zero attached hydrogens (tertiary/aromatic N) is 2. The van der Waals surface area contributed by atoms with Crippen molar-refractivity contribution in [3.63, 3.8) is 0 Å². The number of rotatable bonds is 5. The fourth-order valence-electron chi connectivity index (χ4n) is 2.05. The van der Waals surface area contributed by atoms with Gasteiger partial charge in [0.05, 0.1) is 6.54 Å². The maximum atomic E-state index is 12.2. The molecule has 7 heteroatoms. The van der Waals surface area contributed by atoms with Crippen molar-refractivity contribution >= 4 is 17.2 Å². The second-order valence-corrected chi connectivity index (χ2v) is 6.06. The fourth-order valence-corrected chi connectivity index (χ4v) is 2.83. The lowest BCUT2D eigenvalue weighted by atomic mass is 9.99. The van der Waals surface area contributed by atoms with Gasteiger partial charge in [0, 0.05) is 24.0 Å². The van der Waals surface area contributed by atoms with Crippen LogP contribution < -0.4 is 5.32 Å². The Morgan fingerprint density at radius 3 is 2.87 bits per heavy atom. The zero-order valence-corrected chi connectivity index (χ0v) is 13.2. The standard InChI is InChI=1S/C16H15N3O3S/c1-16(21,12-4-7-23-9-12)10-18-15(20)13-8-14(22-19-13)11-2-5-17-6-3-11/h2-9,21H,10H2,1H3,(H,18,20). The van der Waals surface area contributed by atoms with E-state index in [1.165, 1.54) is 11.3 Å². The molecule has 0 bridgehead atoms. The van der Waals surface area contributed by atoms with Gasteiger partial charge >= 0.3 is 0 Å². The molecule has 0 aromatic carbocycles. The summed E-state index contributed by atoms with van der Waals surface area (Å²) >= 11 is 1.49. The van der Waals surface area contributed by atoms with Crippen molar-refractivity contribution in [2.75, 3.05) is 6.54 Å². The molecule has 23 heavy (non-hydrogen) atoms. The molecule has 0 radical (unpaired) electrons. The van der Waals surface area contributed by atoms with Gasteiger partial charge in [-0.25, -0.2) is 0 Å². The number of amides is 1. The lowest BCUT2D eigenvalue weighted by molar-refractivity contribution is 0.0527. The number of aromatic nitrogens is 2. The van der Waals surface area contributed by atoms with Crippen LogP contribution in [0.15, 0.2) is 51.9 Å². The van der Waals surface area contributed by atoms with Crippen molar-refractivity contribution in [3.05, 3.63) is 58.7 Å². The summed E-state index contributed by atoms with van der Waals surface area (Å²) in [5.41, 5.74) is 0.586. The van der Waals surface area contributed by atoms with Crippen LogP contribution in [0.2, 0.25) is 0 Å². The van der Waals surface area contributed by atoms with Gasteiger partial charge in [-0.3, -0.25) is 9.78 Å². The Bertz CT molecular complexity index is 782. The Hall–Kier alpha value is -2.51. The van der Waals surface area contributed by atoms with Crippen LogP contribution in [0.4, 0.5) is 0 Å². The highest BCUT2D eigenvalue weighted by molar-refractivity contribution is 7.08. The van der Waals surface area contributed by atoms with Gasteiger partial charge in [-0.05, 0) is 41.4 Å². The number of carbonyl (C=O) groups excluding carboxylic acids is 1. The average Bonchev–Trinajstić information content (AvgIpc) is 3.25. The molecule has 0 aliphatic heterocycles. The summed E-state index contributed by atoms with van der Waals surface area (Å²) in [5.74, 6) is 0.0895. The minimum atomic E-state index is -1.13. The van der Waals surface area contributed by atoms with Gasteiger partial charge in [0.1, 0.15) is 5.60 Å². The molecule has 0 fully saturated rings. The molecule has 6 nitrogen and oxygen atoms in total. The monoisotopic (exact) mass is 329 g/mol. The van der Waals surface area contributed by atoms with Crippen LogP contribution in [-0.2, 0) is 5.60 Å². The summed E-state index contributed by atoms with van der Waals surface area (Å²) < 4.78 is 5.18. The van der Waals surface area contributed by atoms with Gasteiger partial charge in [0.25, 0.3) is 5.91 Å². The van der Waals surface area contributed by atoms with Crippen molar-refractivity contribution in [2.45, 2.75) is 12.5 Å². The van der Waals surface area contributed by atoms with Gasteiger partial charge in [0.2, 0.25) is 0 Å². The Labute approximate surface area is 136 Å². The van der Waals surface area contributed by atoms with Crippen LogP contribution in [0.1, 0.15) is 23.0 Å². The first-order valence-corrected chi connectivity index (χ1v) is 7.91. The molecule has 3 aromatic heterocycles. The molecule has 3 rings (SSSR count). The molecule has 1 unspecified atom stereocenters. The maximum absolute atomic E-state index is 12.2. The maximum Gasteiger partial charge on any atom is 0.273 e. The van der Waals surface area contributed by atoms with Gasteiger partial charge in [-0.15, -0.1) is 0 Å². The molecule has 0 saturated carbocycles. The Kier molecular flexibility index (Phi) is 4.22. The minimum absolute atomic E-state index is 0.0834. The van der Waals surface area contributed by atoms with Crippen molar-refractivity contribution < 1.29 is 14.4 Å². The number of thiophene rings is 1. The third kappa shape index (κ3) is 3.46. The molecular weight excluding hydrogens is 314 g/mol. The number of hydrogen-bond donors (Lipinski definition) is 2. The SMILES string of the molecule is CC(O)(CNC(=O)c1cc(-c2ccncc2)on1)c1ccsc1. The second kappa shape index (κ2) is 6.31. The molecule has 3 heterocycles. The normalized spacial score (nSPS) is 13.5. The largest absolute Gasteiger partial charge is 0.384 e. The van der Waals surface area contributed by atoms with E-state index in [9.17, 15) is 9.90 Å². The fraction of sp³-hybridized carbons (Fsp3) is 0.188. The number of hydrogen-bond acceptors (Lipinski definition) is 6. The quantitative estimate of drug-likeness (QED) is 0.750. The predicted molar refractivity (Wildman–Crippen MR) is 86.0 cm³/mol. The summed E-state index contributed by atoms with van der Waals surface area (Å²) in [6.07, 6.45) is 3.27. The van der Waals surface area contributed by atoms with Gasteiger partial charge in [-0.1, -0.05) is 5.16 Å². The molecule has 0 aliphatic rings. The number of aliphatic hydroxyl groups is 1. The molecule has 118 valence electrons. The Morgan fingerprint density at radius 2 is 2.17 bits per heavy atom. The number of pyridine rings is 1. The van der Waals surface area contributed by atoms with E-state index in [1.807, 2.05) is 16.8 Å². The molecule has 0 saturated heterocycles. The predicted octanol–water partition coefficient (Wildman–Crippen LogP) is 2.44. The highest BCUT2D eigenvalue weighted by Gasteiger charge is 2.25. The first kappa shape index (κ1) is 15.4. The molecule has 1 atom stereocenters. The number of nitrogens with one attached hydrogen (secondary N) is 1. The van der Waals surface area contributed by atoms with Crippen LogP contribution in [-0.4, -0.2) is 27.7 Å². The topological polar surface area (TPSA) is 88.2 Å². The van der Waals surface area contributed by atoms with E-state index in [-0.39, 0.29) is 12.2 Å². The Balaban J connectivity index is 1.66. The van der Waals surface area contributed by atoms with Crippen LogP contribution in [0.5, 0.6) is 0 Å². The van der Waals surface area contributed by atoms with E-state index in [4.69, 9.17) is 4.52 Å². The summed E-state index contributed by atoms with van der Waals surface area (Å²) in [6.45, 7) is 1.74. The van der Waals surface area contributed by atoms with Crippen LogP contribution in [0, 0.1) is 0 Å². The molecular formula is C16H15N3O3S. The van der Waals surface area contributed by atoms with Crippen molar-refractivity contribution in [2.24, 2.45) is 0 Å². The van der Waals surface area contributed by atoms with E-state index in [1.54, 1.807) is 37.5 Å². The van der Waals surface area contributed by atoms with E-state index in [0.717, 1.165) is 11.1 Å². The van der Waals surface area contributed by atoms with Gasteiger partial charge in [-0.2, -0.15) is 11.3 Å². The summed E-state index contributed by atoms with van der Waals surface area (Å²) in [6, 6.07) is 6.92. The van der Waals surface area contributed by atoms with Gasteiger partial charge < -0.3 is 14.9 Å². The molecule has 1 amide bonds. The van der Waals surface area contributed by atoms with Crippen LogP contribution >= 0.6 is 11.3 Å². The third-order valence-electron chi connectivity index (χ3n) is 3.44. The summed E-state index contributed by atoms with van der Waals surface area (Å²) in [5, 5.41) is 20.6. The third-order valence-corrected chi connectivity index (χ3v) is 4.13. The Morgan fingerprint density at radius 1 is 1.39 bits per heavy atom. The van der Waals surface area contributed by atoms with Crippen molar-refractivity contribution in [1.29, 1.82) is 0 Å². The summed E-state index contributed by atoms with van der Waals surface area (Å²) in [4.78, 5) is 16.1. The average molecular weight is 329 g/mol. The molecule has 0 aliphatic carbocycles. The van der Waals surface area contributed by atoms with Gasteiger partial charge in [0.15, 0.2) is 11.5 Å². The highest BCUT2D eigenvalue weighted by Crippen LogP contribution is 2.22. The highest BCUT2D eigenvalue weighted by atomic mass is 32.1. The lowest BCUT2D eigenvalue weighted by Gasteiger charge is -2.22. The zero-order valence-electron chi connectivity index (χ0n) is 12.4. The zero-order chi connectivity index (χ0) is 16.3. The smallest absolute Gasteiger partial charge is 0.273 e. The summed E-state index contributed by atoms with van der Waals surface area (Å²) in [7, 11) is 0. The van der Waals surface area contributed by atoms with Crippen molar-refractivity contribution in [1.82, 2.24) is 15.5 Å². The van der Waals surface area contributed by atoms with Crippen LogP contribution in [0.25, 0.3) is 11.3 Å². The van der Waals surface area contributed by atoms with Crippen LogP contribution in [0.3, 0.4) is 0 Å². The number of carbonyl (C=O) groups is 1.